The van der Waals surface area contributed by atoms with Crippen molar-refractivity contribution in [2.24, 2.45) is 11.8 Å². The molecule has 1 fully saturated rings. The summed E-state index contributed by atoms with van der Waals surface area (Å²) in [4.78, 5) is 2.41. The largest absolute Gasteiger partial charge is 0.320 e. The van der Waals surface area contributed by atoms with Crippen molar-refractivity contribution in [2.75, 3.05) is 27.7 Å². The van der Waals surface area contributed by atoms with E-state index < -0.39 is 0 Å². The lowest BCUT2D eigenvalue weighted by atomic mass is 9.86. The summed E-state index contributed by atoms with van der Waals surface area (Å²) in [6.07, 6.45) is 7.00. The fourth-order valence-electron chi connectivity index (χ4n) is 2.99. The van der Waals surface area contributed by atoms with Crippen molar-refractivity contribution >= 4 is 0 Å². The van der Waals surface area contributed by atoms with Crippen LogP contribution in [0.15, 0.2) is 0 Å². The minimum absolute atomic E-state index is 0.846. The molecule has 3 unspecified atom stereocenters. The van der Waals surface area contributed by atoms with Gasteiger partial charge >= 0.3 is 0 Å². The average molecular weight is 212 g/mol. The molecule has 1 aliphatic carbocycles. The Morgan fingerprint density at radius 3 is 2.53 bits per heavy atom. The van der Waals surface area contributed by atoms with Gasteiger partial charge in [0.2, 0.25) is 0 Å². The molecule has 0 bridgehead atoms. The molecule has 0 aliphatic heterocycles. The monoisotopic (exact) mass is 212 g/mol. The second kappa shape index (κ2) is 6.49. The quantitative estimate of drug-likeness (QED) is 0.727. The Morgan fingerprint density at radius 2 is 2.07 bits per heavy atom. The van der Waals surface area contributed by atoms with Gasteiger partial charge in [0, 0.05) is 6.04 Å². The molecule has 15 heavy (non-hydrogen) atoms. The van der Waals surface area contributed by atoms with E-state index in [2.05, 4.69) is 38.3 Å². The maximum absolute atomic E-state index is 3.28. The van der Waals surface area contributed by atoms with Gasteiger partial charge in [-0.1, -0.05) is 13.3 Å². The first-order valence-electron chi connectivity index (χ1n) is 6.50. The number of nitrogens with zero attached hydrogens (tertiary/aromatic N) is 1. The molecule has 0 aromatic rings. The average Bonchev–Trinajstić information content (AvgIpc) is 2.68. The second-order valence-electron chi connectivity index (χ2n) is 5.25. The molecule has 0 aromatic heterocycles. The molecule has 1 aliphatic rings. The van der Waals surface area contributed by atoms with E-state index in [1.165, 1.54) is 38.6 Å². The molecule has 1 rings (SSSR count). The summed E-state index contributed by atoms with van der Waals surface area (Å²) in [7, 11) is 6.51. The lowest BCUT2D eigenvalue weighted by Gasteiger charge is -2.24. The number of nitrogens with one attached hydrogen (secondary N) is 1. The summed E-state index contributed by atoms with van der Waals surface area (Å²) in [6.45, 7) is 3.53. The molecule has 0 heterocycles. The van der Waals surface area contributed by atoms with Gasteiger partial charge in [-0.2, -0.15) is 0 Å². The SMILES string of the molecule is CCC(CCNC)C1CCC(N(C)C)C1. The second-order valence-corrected chi connectivity index (χ2v) is 5.25. The highest BCUT2D eigenvalue weighted by Crippen LogP contribution is 2.36. The van der Waals surface area contributed by atoms with Gasteiger partial charge in [0.15, 0.2) is 0 Å². The van der Waals surface area contributed by atoms with E-state index in [0.717, 1.165) is 17.9 Å². The predicted molar refractivity (Wildman–Crippen MR) is 67.1 cm³/mol. The van der Waals surface area contributed by atoms with Gasteiger partial charge in [-0.15, -0.1) is 0 Å². The van der Waals surface area contributed by atoms with Gasteiger partial charge in [0.1, 0.15) is 0 Å². The van der Waals surface area contributed by atoms with Crippen molar-refractivity contribution in [1.29, 1.82) is 0 Å². The molecule has 3 atom stereocenters. The highest BCUT2D eigenvalue weighted by molar-refractivity contribution is 4.84. The Hall–Kier alpha value is -0.0800. The molecule has 1 saturated carbocycles. The van der Waals surface area contributed by atoms with Crippen LogP contribution in [0, 0.1) is 11.8 Å². The van der Waals surface area contributed by atoms with Crippen LogP contribution < -0.4 is 5.32 Å². The zero-order chi connectivity index (χ0) is 11.3. The number of hydrogen-bond donors (Lipinski definition) is 1. The molecular formula is C13H28N2. The summed E-state index contributed by atoms with van der Waals surface area (Å²) in [6, 6.07) is 0.846. The van der Waals surface area contributed by atoms with Crippen LogP contribution >= 0.6 is 0 Å². The summed E-state index contributed by atoms with van der Waals surface area (Å²) in [5, 5.41) is 3.28. The zero-order valence-electron chi connectivity index (χ0n) is 10.9. The van der Waals surface area contributed by atoms with Crippen molar-refractivity contribution < 1.29 is 0 Å². The van der Waals surface area contributed by atoms with Gasteiger partial charge in [-0.05, 0) is 65.2 Å². The summed E-state index contributed by atoms with van der Waals surface area (Å²) in [5.74, 6) is 1.93. The van der Waals surface area contributed by atoms with Crippen molar-refractivity contribution in [3.05, 3.63) is 0 Å². The molecule has 0 saturated heterocycles. The van der Waals surface area contributed by atoms with E-state index in [1.807, 2.05) is 0 Å². The molecule has 0 aromatic carbocycles. The van der Waals surface area contributed by atoms with E-state index in [9.17, 15) is 0 Å². The molecule has 90 valence electrons. The van der Waals surface area contributed by atoms with Crippen LogP contribution in [0.2, 0.25) is 0 Å². The van der Waals surface area contributed by atoms with E-state index in [0.29, 0.717) is 0 Å². The maximum atomic E-state index is 3.28. The van der Waals surface area contributed by atoms with Crippen LogP contribution in [0.1, 0.15) is 39.0 Å². The first-order valence-corrected chi connectivity index (χ1v) is 6.50. The Labute approximate surface area is 95.4 Å². The van der Waals surface area contributed by atoms with Crippen molar-refractivity contribution in [3.8, 4) is 0 Å². The molecule has 0 amide bonds. The first kappa shape index (κ1) is 13.0. The summed E-state index contributed by atoms with van der Waals surface area (Å²) < 4.78 is 0. The van der Waals surface area contributed by atoms with Crippen molar-refractivity contribution in [3.63, 3.8) is 0 Å². The normalized spacial score (nSPS) is 28.6. The highest BCUT2D eigenvalue weighted by atomic mass is 15.1. The van der Waals surface area contributed by atoms with Gasteiger partial charge in [-0.3, -0.25) is 0 Å². The standard InChI is InChI=1S/C13H28N2/c1-5-11(8-9-14-2)12-6-7-13(10-12)15(3)4/h11-14H,5-10H2,1-4H3. The first-order chi connectivity index (χ1) is 7.19. The fraction of sp³-hybridized carbons (Fsp3) is 1.00. The third kappa shape index (κ3) is 3.76. The summed E-state index contributed by atoms with van der Waals surface area (Å²) >= 11 is 0. The van der Waals surface area contributed by atoms with Crippen LogP contribution in [0.25, 0.3) is 0 Å². The van der Waals surface area contributed by atoms with E-state index in [-0.39, 0.29) is 0 Å². The minimum Gasteiger partial charge on any atom is -0.320 e. The van der Waals surface area contributed by atoms with Gasteiger partial charge in [0.25, 0.3) is 0 Å². The van der Waals surface area contributed by atoms with Crippen LogP contribution in [0.4, 0.5) is 0 Å². The lowest BCUT2D eigenvalue weighted by molar-refractivity contribution is 0.259. The molecular weight excluding hydrogens is 184 g/mol. The van der Waals surface area contributed by atoms with Gasteiger partial charge in [-0.25, -0.2) is 0 Å². The molecule has 2 nitrogen and oxygen atoms in total. The Bertz CT molecular complexity index is 168. The third-order valence-electron chi connectivity index (χ3n) is 4.13. The number of rotatable bonds is 6. The minimum atomic E-state index is 0.846. The predicted octanol–water partition coefficient (Wildman–Crippen LogP) is 2.35. The van der Waals surface area contributed by atoms with Crippen LogP contribution in [0.3, 0.4) is 0 Å². The molecule has 0 spiro atoms. The lowest BCUT2D eigenvalue weighted by Crippen LogP contribution is -2.26. The Kier molecular flexibility index (Phi) is 5.62. The molecule has 2 heteroatoms. The smallest absolute Gasteiger partial charge is 0.00920 e. The van der Waals surface area contributed by atoms with Gasteiger partial charge in [0.05, 0.1) is 0 Å². The number of hydrogen-bond acceptors (Lipinski definition) is 2. The van der Waals surface area contributed by atoms with Crippen molar-refractivity contribution in [1.82, 2.24) is 10.2 Å². The molecule has 0 radical (unpaired) electrons. The van der Waals surface area contributed by atoms with Gasteiger partial charge < -0.3 is 10.2 Å². The third-order valence-corrected chi connectivity index (χ3v) is 4.13. The Balaban J connectivity index is 2.35. The topological polar surface area (TPSA) is 15.3 Å². The molecule has 1 N–H and O–H groups in total. The highest BCUT2D eigenvalue weighted by Gasteiger charge is 2.30. The summed E-state index contributed by atoms with van der Waals surface area (Å²) in [5.41, 5.74) is 0. The van der Waals surface area contributed by atoms with Crippen molar-refractivity contribution in [2.45, 2.75) is 45.1 Å². The van der Waals surface area contributed by atoms with E-state index >= 15 is 0 Å². The van der Waals surface area contributed by atoms with Crippen LogP contribution in [0.5, 0.6) is 0 Å². The van der Waals surface area contributed by atoms with E-state index in [4.69, 9.17) is 0 Å². The fourth-order valence-corrected chi connectivity index (χ4v) is 2.99. The Morgan fingerprint density at radius 1 is 1.33 bits per heavy atom. The van der Waals surface area contributed by atoms with Crippen LogP contribution in [-0.4, -0.2) is 38.6 Å². The zero-order valence-corrected chi connectivity index (χ0v) is 10.9. The van der Waals surface area contributed by atoms with E-state index in [1.54, 1.807) is 0 Å². The van der Waals surface area contributed by atoms with Crippen LogP contribution in [-0.2, 0) is 0 Å². The maximum Gasteiger partial charge on any atom is 0.00920 e.